The lowest BCUT2D eigenvalue weighted by atomic mass is 9.86. The molecule has 3 aliphatic rings. The van der Waals surface area contributed by atoms with Gasteiger partial charge in [-0.3, -0.25) is 34.2 Å². The van der Waals surface area contributed by atoms with Crippen molar-refractivity contribution in [2.24, 2.45) is 0 Å². The predicted molar refractivity (Wildman–Crippen MR) is 279 cm³/mol. The van der Waals surface area contributed by atoms with E-state index in [0.717, 1.165) is 36.4 Å². The normalized spacial score (nSPS) is 16.4. The summed E-state index contributed by atoms with van der Waals surface area (Å²) in [7, 11) is -3.59. The number of hydrogen-bond acceptors (Lipinski definition) is 17. The predicted octanol–water partition coefficient (Wildman–Crippen LogP) is 6.14. The largest absolute Gasteiger partial charge is 0.489 e. The molecule has 0 saturated carbocycles. The highest BCUT2D eigenvalue weighted by Gasteiger charge is 2.45. The van der Waals surface area contributed by atoms with Crippen molar-refractivity contribution < 1.29 is 51.3 Å². The fourth-order valence-electron chi connectivity index (χ4n) is 8.97. The molecule has 4 aromatic rings. The first kappa shape index (κ1) is 55.5. The summed E-state index contributed by atoms with van der Waals surface area (Å²) < 4.78 is 49.4. The van der Waals surface area contributed by atoms with E-state index < -0.39 is 44.8 Å². The molecule has 2 fully saturated rings. The minimum absolute atomic E-state index is 0.0320. The number of benzene rings is 3. The zero-order valence-electron chi connectivity index (χ0n) is 42.5. The first-order chi connectivity index (χ1) is 35.5. The lowest BCUT2D eigenvalue weighted by molar-refractivity contribution is -0.136. The number of sulfone groups is 1. The van der Waals surface area contributed by atoms with Gasteiger partial charge in [-0.25, -0.2) is 13.4 Å². The number of anilines is 5. The van der Waals surface area contributed by atoms with Crippen LogP contribution < -0.4 is 31.3 Å². The maximum absolute atomic E-state index is 13.3. The Morgan fingerprint density at radius 1 is 0.838 bits per heavy atom. The molecule has 0 radical (unpaired) electrons. The summed E-state index contributed by atoms with van der Waals surface area (Å²) in [5.41, 5.74) is 4.19. The molecule has 5 amide bonds. The number of nitrogens with zero attached hydrogens (tertiary/aromatic N) is 4. The number of nitrogens with one attached hydrogen (secondary N) is 5. The van der Waals surface area contributed by atoms with Gasteiger partial charge in [0.1, 0.15) is 16.8 Å². The zero-order chi connectivity index (χ0) is 52.9. The number of likely N-dealkylation sites (tertiary alicyclic amines) is 1. The van der Waals surface area contributed by atoms with Crippen LogP contribution in [0, 0.1) is 6.92 Å². The average molecular weight is 1060 g/mol. The van der Waals surface area contributed by atoms with Crippen LogP contribution in [0.4, 0.5) is 28.8 Å². The van der Waals surface area contributed by atoms with Gasteiger partial charge < -0.3 is 45.1 Å². The highest BCUT2D eigenvalue weighted by Crippen LogP contribution is 2.39. The molecule has 1 atom stereocenters. The molecule has 2 saturated heterocycles. The van der Waals surface area contributed by atoms with E-state index >= 15 is 0 Å². The van der Waals surface area contributed by atoms with E-state index in [1.807, 2.05) is 19.9 Å². The maximum atomic E-state index is 13.3. The Morgan fingerprint density at radius 2 is 1.53 bits per heavy atom. The number of carbonyl (C=O) groups is 5. The van der Waals surface area contributed by atoms with E-state index in [2.05, 4.69) is 54.4 Å². The number of halogens is 1. The van der Waals surface area contributed by atoms with Crippen molar-refractivity contribution >= 4 is 79.8 Å². The van der Waals surface area contributed by atoms with E-state index in [1.165, 1.54) is 11.8 Å². The molecule has 22 heteroatoms. The lowest BCUT2D eigenvalue weighted by Crippen LogP contribution is -2.54. The summed E-state index contributed by atoms with van der Waals surface area (Å²) in [5.74, 6) is -0.795. The van der Waals surface area contributed by atoms with E-state index in [9.17, 15) is 32.4 Å². The van der Waals surface area contributed by atoms with Crippen LogP contribution in [0.3, 0.4) is 0 Å². The molecule has 7 rings (SSSR count). The standard InChI is InChI=1S/C52H66ClN9O11S/c1-32(2)73-43-30-37(34(5)29-41(43)58-52-56-31-38(53)48(60-52)57-39-10-6-7-12-44(39)74(68,69)33(3)4)35-15-20-61(21-16-35)22-17-45(63)55-19-24-71-26-28-72-27-25-70-23-18-54-40-11-8-9-36-47(40)51(67)62(50(36)66)42-13-14-46(64)59-49(42)65/h6-12,29-33,35,42,54H,13-28H2,1-5H3,(H,55,63)(H,59,64,65)(H2,56,57,58,60). The molecule has 0 bridgehead atoms. The minimum atomic E-state index is -3.59. The summed E-state index contributed by atoms with van der Waals surface area (Å²) in [6.45, 7) is 14.5. The molecule has 1 aromatic heterocycles. The van der Waals surface area contributed by atoms with Crippen molar-refractivity contribution in [1.29, 1.82) is 0 Å². The number of fused-ring (bicyclic) bond motifs is 1. The van der Waals surface area contributed by atoms with Crippen LogP contribution in [0.2, 0.25) is 5.02 Å². The fourth-order valence-corrected chi connectivity index (χ4v) is 10.3. The molecule has 5 N–H and O–H groups in total. The average Bonchev–Trinajstić information content (AvgIpc) is 3.62. The summed E-state index contributed by atoms with van der Waals surface area (Å²) in [6, 6.07) is 14.6. The highest BCUT2D eigenvalue weighted by atomic mass is 35.5. The Balaban J connectivity index is 0.758. The smallest absolute Gasteiger partial charge is 0.264 e. The number of piperidine rings is 2. The third-order valence-electron chi connectivity index (χ3n) is 12.8. The second-order valence-corrected chi connectivity index (χ2v) is 21.6. The molecule has 4 heterocycles. The highest BCUT2D eigenvalue weighted by molar-refractivity contribution is 7.92. The van der Waals surface area contributed by atoms with E-state index in [1.54, 1.807) is 56.3 Å². The lowest BCUT2D eigenvalue weighted by Gasteiger charge is -2.33. The van der Waals surface area contributed by atoms with Crippen molar-refractivity contribution in [2.45, 2.75) is 94.9 Å². The Kier molecular flexibility index (Phi) is 19.4. The van der Waals surface area contributed by atoms with Crippen molar-refractivity contribution in [1.82, 2.24) is 30.4 Å². The number of aryl methyl sites for hydroxylation is 1. The quantitative estimate of drug-likeness (QED) is 0.0350. The first-order valence-electron chi connectivity index (χ1n) is 25.0. The Hall–Kier alpha value is -6.23. The van der Waals surface area contributed by atoms with Crippen LogP contribution in [0.1, 0.15) is 97.6 Å². The number of aromatic nitrogens is 2. The van der Waals surface area contributed by atoms with Gasteiger partial charge >= 0.3 is 0 Å². The Labute approximate surface area is 436 Å². The summed E-state index contributed by atoms with van der Waals surface area (Å²) in [5, 5.41) is 14.3. The van der Waals surface area contributed by atoms with Crippen molar-refractivity contribution in [3.05, 3.63) is 88.1 Å². The molecule has 0 aliphatic carbocycles. The van der Waals surface area contributed by atoms with Crippen LogP contribution in [-0.2, 0) is 38.4 Å². The number of imide groups is 2. The second kappa shape index (κ2) is 25.8. The van der Waals surface area contributed by atoms with Crippen molar-refractivity contribution in [2.75, 3.05) is 88.3 Å². The molecule has 398 valence electrons. The number of carbonyl (C=O) groups excluding carboxylic acids is 5. The molecule has 20 nitrogen and oxygen atoms in total. The van der Waals surface area contributed by atoms with Gasteiger partial charge in [0.25, 0.3) is 11.8 Å². The topological polar surface area (TPSA) is 249 Å². The summed E-state index contributed by atoms with van der Waals surface area (Å²) in [4.78, 5) is 75.4. The Morgan fingerprint density at radius 3 is 2.23 bits per heavy atom. The first-order valence-corrected chi connectivity index (χ1v) is 27.0. The van der Waals surface area contributed by atoms with Crippen LogP contribution in [0.25, 0.3) is 0 Å². The van der Waals surface area contributed by atoms with Gasteiger partial charge in [0.05, 0.1) is 84.6 Å². The summed E-state index contributed by atoms with van der Waals surface area (Å²) >= 11 is 6.51. The number of hydrogen-bond donors (Lipinski definition) is 5. The number of rotatable bonds is 26. The van der Waals surface area contributed by atoms with Gasteiger partial charge in [0, 0.05) is 38.2 Å². The number of ether oxygens (including phenoxy) is 4. The van der Waals surface area contributed by atoms with Crippen LogP contribution in [0.15, 0.2) is 65.7 Å². The van der Waals surface area contributed by atoms with Crippen LogP contribution in [-0.4, -0.2) is 147 Å². The minimum Gasteiger partial charge on any atom is -0.489 e. The van der Waals surface area contributed by atoms with Crippen LogP contribution >= 0.6 is 11.6 Å². The van der Waals surface area contributed by atoms with E-state index in [4.69, 9.17) is 30.5 Å². The van der Waals surface area contributed by atoms with E-state index in [0.29, 0.717) is 94.4 Å². The molecule has 3 aromatic carbocycles. The van der Waals surface area contributed by atoms with Gasteiger partial charge in [-0.1, -0.05) is 29.8 Å². The SMILES string of the molecule is Cc1cc(Nc2ncc(Cl)c(Nc3ccccc3S(=O)(=O)C(C)C)n2)c(OC(C)C)cc1C1CCN(CCC(=O)NCCOCCOCCOCCNc2cccc3c2C(=O)N(C2CCC(=O)NC2=O)C3=O)CC1. The molecule has 1 unspecified atom stereocenters. The third-order valence-corrected chi connectivity index (χ3v) is 15.3. The van der Waals surface area contributed by atoms with Crippen molar-refractivity contribution in [3.8, 4) is 5.75 Å². The molecular weight excluding hydrogens is 994 g/mol. The molecule has 0 spiro atoms. The van der Waals surface area contributed by atoms with Gasteiger partial charge in [-0.05, 0) is 120 Å². The fraction of sp³-hybridized carbons (Fsp3) is 0.481. The van der Waals surface area contributed by atoms with E-state index in [-0.39, 0.29) is 57.7 Å². The van der Waals surface area contributed by atoms with Gasteiger partial charge in [0.15, 0.2) is 15.7 Å². The molecule has 3 aliphatic heterocycles. The number of amides is 5. The summed E-state index contributed by atoms with van der Waals surface area (Å²) in [6.07, 6.45) is 3.73. The molecule has 74 heavy (non-hydrogen) atoms. The van der Waals surface area contributed by atoms with Gasteiger partial charge in [-0.15, -0.1) is 0 Å². The second-order valence-electron chi connectivity index (χ2n) is 18.8. The molecular formula is C52H66ClN9O11S. The van der Waals surface area contributed by atoms with Gasteiger partial charge in [0.2, 0.25) is 23.7 Å². The number of para-hydroxylation sites is 1. The maximum Gasteiger partial charge on any atom is 0.264 e. The van der Waals surface area contributed by atoms with Crippen molar-refractivity contribution in [3.63, 3.8) is 0 Å². The van der Waals surface area contributed by atoms with Gasteiger partial charge in [-0.2, -0.15) is 4.98 Å². The van der Waals surface area contributed by atoms with Crippen LogP contribution in [0.5, 0.6) is 5.75 Å². The Bertz CT molecular complexity index is 2790. The third kappa shape index (κ3) is 14.1. The monoisotopic (exact) mass is 1060 g/mol. The zero-order valence-corrected chi connectivity index (χ0v) is 44.0.